The molecule has 0 bridgehead atoms. The normalized spacial score (nSPS) is 18.7. The molecule has 0 heterocycles. The van der Waals surface area contributed by atoms with Gasteiger partial charge in [-0.05, 0) is 25.8 Å². The Balaban J connectivity index is 3.74. The van der Waals surface area contributed by atoms with E-state index in [-0.39, 0.29) is 0 Å². The summed E-state index contributed by atoms with van der Waals surface area (Å²) < 4.78 is 0. The zero-order valence-corrected chi connectivity index (χ0v) is 10.0. The number of hydrogen-bond acceptors (Lipinski definition) is 3. The molecule has 3 N–H and O–H groups in total. The van der Waals surface area contributed by atoms with Crippen molar-refractivity contribution < 1.29 is 5.11 Å². The van der Waals surface area contributed by atoms with E-state index in [2.05, 4.69) is 6.92 Å². The van der Waals surface area contributed by atoms with Crippen molar-refractivity contribution in [3.63, 3.8) is 0 Å². The van der Waals surface area contributed by atoms with E-state index < -0.39 is 5.60 Å². The predicted octanol–water partition coefficient (Wildman–Crippen LogP) is 1.86. The minimum atomic E-state index is -0.548. The van der Waals surface area contributed by atoms with Crippen LogP contribution in [0.4, 0.5) is 0 Å². The van der Waals surface area contributed by atoms with E-state index in [0.717, 1.165) is 18.7 Å². The molecular formula is C10H23NOS. The first kappa shape index (κ1) is 13.3. The van der Waals surface area contributed by atoms with Crippen molar-refractivity contribution in [3.05, 3.63) is 0 Å². The first-order valence-electron chi connectivity index (χ1n) is 4.94. The lowest BCUT2D eigenvalue weighted by molar-refractivity contribution is 0.0375. The summed E-state index contributed by atoms with van der Waals surface area (Å²) in [5.41, 5.74) is 4.90. The second-order valence-electron chi connectivity index (χ2n) is 4.21. The summed E-state index contributed by atoms with van der Waals surface area (Å²) in [5, 5.41) is 10.5. The zero-order chi connectivity index (χ0) is 10.5. The molecule has 0 aliphatic rings. The molecule has 2 atom stereocenters. The van der Waals surface area contributed by atoms with E-state index >= 15 is 0 Å². The van der Waals surface area contributed by atoms with Gasteiger partial charge in [0, 0.05) is 11.0 Å². The summed E-state index contributed by atoms with van der Waals surface area (Å²) >= 11 is 1.81. The van der Waals surface area contributed by atoms with Crippen molar-refractivity contribution in [1.29, 1.82) is 0 Å². The molecule has 13 heavy (non-hydrogen) atoms. The van der Waals surface area contributed by atoms with E-state index in [1.807, 2.05) is 20.8 Å². The fourth-order valence-corrected chi connectivity index (χ4v) is 2.05. The van der Waals surface area contributed by atoms with Gasteiger partial charge in [0.25, 0.3) is 0 Å². The molecule has 2 unspecified atom stereocenters. The van der Waals surface area contributed by atoms with E-state index in [0.29, 0.717) is 11.2 Å². The van der Waals surface area contributed by atoms with Crippen LogP contribution in [0, 0.1) is 5.92 Å². The SMILES string of the molecule is CC(CCN)SCC(C)(O)C(C)C. The standard InChI is InChI=1S/C10H23NOS/c1-8(2)10(4,12)7-13-9(3)5-6-11/h8-9,12H,5-7,11H2,1-4H3. The van der Waals surface area contributed by atoms with Gasteiger partial charge in [0.05, 0.1) is 5.60 Å². The Morgan fingerprint density at radius 3 is 2.31 bits per heavy atom. The zero-order valence-electron chi connectivity index (χ0n) is 9.21. The Hall–Kier alpha value is 0.270. The van der Waals surface area contributed by atoms with E-state index in [4.69, 9.17) is 5.73 Å². The number of thioether (sulfide) groups is 1. The maximum atomic E-state index is 9.96. The van der Waals surface area contributed by atoms with Crippen LogP contribution in [0.1, 0.15) is 34.1 Å². The van der Waals surface area contributed by atoms with Gasteiger partial charge >= 0.3 is 0 Å². The van der Waals surface area contributed by atoms with Gasteiger partial charge in [-0.15, -0.1) is 0 Å². The number of aliphatic hydroxyl groups is 1. The molecule has 0 spiro atoms. The summed E-state index contributed by atoms with van der Waals surface area (Å²) in [6.07, 6.45) is 1.03. The third kappa shape index (κ3) is 5.55. The highest BCUT2D eigenvalue weighted by Gasteiger charge is 2.25. The number of hydrogen-bond donors (Lipinski definition) is 2. The van der Waals surface area contributed by atoms with Gasteiger partial charge in [-0.3, -0.25) is 0 Å². The second-order valence-corrected chi connectivity index (χ2v) is 5.64. The van der Waals surface area contributed by atoms with Crippen LogP contribution in [-0.4, -0.2) is 28.3 Å². The highest BCUT2D eigenvalue weighted by Crippen LogP contribution is 2.25. The molecule has 0 saturated carbocycles. The fraction of sp³-hybridized carbons (Fsp3) is 1.00. The average molecular weight is 205 g/mol. The smallest absolute Gasteiger partial charge is 0.0732 e. The summed E-state index contributed by atoms with van der Waals surface area (Å²) in [5.74, 6) is 1.11. The van der Waals surface area contributed by atoms with Gasteiger partial charge in [-0.2, -0.15) is 11.8 Å². The largest absolute Gasteiger partial charge is 0.389 e. The fourth-order valence-electron chi connectivity index (χ4n) is 0.796. The molecule has 0 fully saturated rings. The minimum Gasteiger partial charge on any atom is -0.389 e. The van der Waals surface area contributed by atoms with Crippen molar-refractivity contribution in [3.8, 4) is 0 Å². The van der Waals surface area contributed by atoms with Crippen LogP contribution in [0.15, 0.2) is 0 Å². The quantitative estimate of drug-likeness (QED) is 0.696. The van der Waals surface area contributed by atoms with Crippen molar-refractivity contribution in [2.45, 2.75) is 45.0 Å². The van der Waals surface area contributed by atoms with Gasteiger partial charge in [-0.1, -0.05) is 20.8 Å². The summed E-state index contributed by atoms with van der Waals surface area (Å²) in [6, 6.07) is 0. The van der Waals surface area contributed by atoms with Gasteiger partial charge in [0.2, 0.25) is 0 Å². The molecule has 0 saturated heterocycles. The lowest BCUT2D eigenvalue weighted by Gasteiger charge is -2.28. The highest BCUT2D eigenvalue weighted by atomic mass is 32.2. The van der Waals surface area contributed by atoms with Crippen LogP contribution >= 0.6 is 11.8 Å². The first-order chi connectivity index (χ1) is 5.90. The topological polar surface area (TPSA) is 46.2 Å². The van der Waals surface area contributed by atoms with Gasteiger partial charge < -0.3 is 10.8 Å². The number of nitrogens with two attached hydrogens (primary N) is 1. The van der Waals surface area contributed by atoms with Gasteiger partial charge in [0.1, 0.15) is 0 Å². The minimum absolute atomic E-state index is 0.310. The van der Waals surface area contributed by atoms with Crippen LogP contribution in [0.2, 0.25) is 0 Å². The Morgan fingerprint density at radius 1 is 1.38 bits per heavy atom. The van der Waals surface area contributed by atoms with Gasteiger partial charge in [0.15, 0.2) is 0 Å². The molecule has 0 aromatic rings. The molecular weight excluding hydrogens is 182 g/mol. The van der Waals surface area contributed by atoms with Crippen LogP contribution in [0.5, 0.6) is 0 Å². The molecule has 2 nitrogen and oxygen atoms in total. The Bertz CT molecular complexity index is 137. The molecule has 0 rings (SSSR count). The van der Waals surface area contributed by atoms with Crippen LogP contribution < -0.4 is 5.73 Å². The second kappa shape index (κ2) is 5.89. The van der Waals surface area contributed by atoms with Crippen molar-refractivity contribution in [1.82, 2.24) is 0 Å². The van der Waals surface area contributed by atoms with Crippen molar-refractivity contribution >= 4 is 11.8 Å². The van der Waals surface area contributed by atoms with Gasteiger partial charge in [-0.25, -0.2) is 0 Å². The lowest BCUT2D eigenvalue weighted by Crippen LogP contribution is -2.34. The van der Waals surface area contributed by atoms with E-state index in [9.17, 15) is 5.11 Å². The maximum absolute atomic E-state index is 9.96. The van der Waals surface area contributed by atoms with Crippen molar-refractivity contribution in [2.75, 3.05) is 12.3 Å². The Kier molecular flexibility index (Phi) is 6.01. The third-order valence-electron chi connectivity index (χ3n) is 2.48. The molecule has 80 valence electrons. The first-order valence-corrected chi connectivity index (χ1v) is 5.99. The number of rotatable bonds is 6. The van der Waals surface area contributed by atoms with E-state index in [1.165, 1.54) is 0 Å². The molecule has 0 aromatic heterocycles. The predicted molar refractivity (Wildman–Crippen MR) is 61.1 cm³/mol. The van der Waals surface area contributed by atoms with Crippen LogP contribution in [-0.2, 0) is 0 Å². The molecule has 0 aliphatic heterocycles. The molecule has 0 aromatic carbocycles. The monoisotopic (exact) mass is 205 g/mol. The van der Waals surface area contributed by atoms with E-state index in [1.54, 1.807) is 11.8 Å². The summed E-state index contributed by atoms with van der Waals surface area (Å²) in [6.45, 7) is 8.90. The average Bonchev–Trinajstić information content (AvgIpc) is 2.01. The highest BCUT2D eigenvalue weighted by molar-refractivity contribution is 7.99. The Labute approximate surface area is 86.3 Å². The summed E-state index contributed by atoms with van der Waals surface area (Å²) in [4.78, 5) is 0. The summed E-state index contributed by atoms with van der Waals surface area (Å²) in [7, 11) is 0. The van der Waals surface area contributed by atoms with Crippen LogP contribution in [0.3, 0.4) is 0 Å². The van der Waals surface area contributed by atoms with Crippen LogP contribution in [0.25, 0.3) is 0 Å². The maximum Gasteiger partial charge on any atom is 0.0732 e. The van der Waals surface area contributed by atoms with Crippen molar-refractivity contribution in [2.24, 2.45) is 11.7 Å². The third-order valence-corrected chi connectivity index (χ3v) is 4.03. The molecule has 0 radical (unpaired) electrons. The Morgan fingerprint density at radius 2 is 1.92 bits per heavy atom. The molecule has 0 amide bonds. The lowest BCUT2D eigenvalue weighted by atomic mass is 9.95. The molecule has 0 aliphatic carbocycles. The molecule has 3 heteroatoms.